The number of rotatable bonds is 6. The van der Waals surface area contributed by atoms with E-state index in [9.17, 15) is 9.59 Å². The lowest BCUT2D eigenvalue weighted by Crippen LogP contribution is -2.45. The van der Waals surface area contributed by atoms with E-state index in [1.54, 1.807) is 0 Å². The highest BCUT2D eigenvalue weighted by molar-refractivity contribution is 5.94. The number of hydrogen-bond acceptors (Lipinski definition) is 3. The van der Waals surface area contributed by atoms with Crippen molar-refractivity contribution in [1.82, 2.24) is 15.5 Å². The summed E-state index contributed by atoms with van der Waals surface area (Å²) in [5.41, 5.74) is 1.84. The third-order valence-electron chi connectivity index (χ3n) is 4.28. The maximum atomic E-state index is 12.6. The second-order valence-corrected chi connectivity index (χ2v) is 6.20. The summed E-state index contributed by atoms with van der Waals surface area (Å²) in [5, 5.41) is 6.04. The Balaban J connectivity index is 0.00000288. The minimum Gasteiger partial charge on any atom is -0.356 e. The van der Waals surface area contributed by atoms with Gasteiger partial charge in [0, 0.05) is 25.2 Å². The lowest BCUT2D eigenvalue weighted by Gasteiger charge is -2.32. The molecule has 1 aromatic carbocycles. The Bertz CT molecular complexity index is 534. The van der Waals surface area contributed by atoms with E-state index in [0.29, 0.717) is 18.7 Å². The standard InChI is InChI=1S/C18H27N3O2.ClH/c1-14-6-8-15(9-7-14)18(23)21-12-3-5-16(13-21)17(22)20-11-4-10-19-2;/h6-9,16,19H,3-5,10-13H2,1-2H3,(H,20,22);1H. The summed E-state index contributed by atoms with van der Waals surface area (Å²) in [6.45, 7) is 4.83. The van der Waals surface area contributed by atoms with Gasteiger partial charge in [-0.25, -0.2) is 0 Å². The van der Waals surface area contributed by atoms with E-state index in [0.717, 1.165) is 37.9 Å². The zero-order chi connectivity index (χ0) is 16.7. The first-order valence-electron chi connectivity index (χ1n) is 8.40. The van der Waals surface area contributed by atoms with Crippen LogP contribution in [-0.2, 0) is 4.79 Å². The molecule has 1 unspecified atom stereocenters. The average molecular weight is 354 g/mol. The zero-order valence-electron chi connectivity index (χ0n) is 14.5. The molecular weight excluding hydrogens is 326 g/mol. The van der Waals surface area contributed by atoms with Crippen LogP contribution in [0.3, 0.4) is 0 Å². The molecule has 2 rings (SSSR count). The van der Waals surface area contributed by atoms with Crippen LogP contribution in [0, 0.1) is 12.8 Å². The predicted octanol–water partition coefficient (Wildman–Crippen LogP) is 1.99. The number of hydrogen-bond donors (Lipinski definition) is 2. The van der Waals surface area contributed by atoms with Gasteiger partial charge in [-0.05, 0) is 51.9 Å². The monoisotopic (exact) mass is 353 g/mol. The van der Waals surface area contributed by atoms with Crippen LogP contribution in [0.4, 0.5) is 0 Å². The molecule has 0 aromatic heterocycles. The summed E-state index contributed by atoms with van der Waals surface area (Å²) in [6, 6.07) is 7.62. The fraction of sp³-hybridized carbons (Fsp3) is 0.556. The SMILES string of the molecule is CNCCCNC(=O)C1CCCN(C(=O)c2ccc(C)cc2)C1.Cl. The maximum Gasteiger partial charge on any atom is 0.253 e. The number of halogens is 1. The molecule has 1 aromatic rings. The maximum absolute atomic E-state index is 12.6. The molecule has 24 heavy (non-hydrogen) atoms. The zero-order valence-corrected chi connectivity index (χ0v) is 15.3. The van der Waals surface area contributed by atoms with E-state index in [1.807, 2.05) is 43.1 Å². The molecular formula is C18H28ClN3O2. The molecule has 1 atom stereocenters. The number of carbonyl (C=O) groups excluding carboxylic acids is 2. The Kier molecular flexibility index (Phi) is 8.79. The smallest absolute Gasteiger partial charge is 0.253 e. The largest absolute Gasteiger partial charge is 0.356 e. The Morgan fingerprint density at radius 3 is 2.58 bits per heavy atom. The first kappa shape index (κ1) is 20.5. The van der Waals surface area contributed by atoms with E-state index in [1.165, 1.54) is 0 Å². The first-order valence-corrected chi connectivity index (χ1v) is 8.40. The Hall–Kier alpha value is -1.59. The molecule has 134 valence electrons. The van der Waals surface area contributed by atoms with Crippen molar-refractivity contribution in [2.24, 2.45) is 5.92 Å². The number of piperidine rings is 1. The summed E-state index contributed by atoms with van der Waals surface area (Å²) in [7, 11) is 1.90. The lowest BCUT2D eigenvalue weighted by molar-refractivity contribution is -0.126. The molecule has 5 nitrogen and oxygen atoms in total. The molecule has 2 amide bonds. The first-order chi connectivity index (χ1) is 11.1. The van der Waals surface area contributed by atoms with Crippen molar-refractivity contribution in [3.63, 3.8) is 0 Å². The van der Waals surface area contributed by atoms with Crippen LogP contribution in [0.5, 0.6) is 0 Å². The molecule has 0 bridgehead atoms. The summed E-state index contributed by atoms with van der Waals surface area (Å²) in [4.78, 5) is 26.6. The van der Waals surface area contributed by atoms with Gasteiger partial charge in [-0.2, -0.15) is 0 Å². The van der Waals surface area contributed by atoms with Crippen LogP contribution < -0.4 is 10.6 Å². The summed E-state index contributed by atoms with van der Waals surface area (Å²) < 4.78 is 0. The van der Waals surface area contributed by atoms with E-state index in [-0.39, 0.29) is 30.1 Å². The fourth-order valence-corrected chi connectivity index (χ4v) is 2.88. The van der Waals surface area contributed by atoms with Gasteiger partial charge in [0.2, 0.25) is 5.91 Å². The molecule has 0 radical (unpaired) electrons. The lowest BCUT2D eigenvalue weighted by atomic mass is 9.96. The van der Waals surface area contributed by atoms with E-state index < -0.39 is 0 Å². The Morgan fingerprint density at radius 1 is 1.21 bits per heavy atom. The number of likely N-dealkylation sites (tertiary alicyclic amines) is 1. The number of benzene rings is 1. The van der Waals surface area contributed by atoms with E-state index >= 15 is 0 Å². The molecule has 1 fully saturated rings. The Morgan fingerprint density at radius 2 is 1.92 bits per heavy atom. The summed E-state index contributed by atoms with van der Waals surface area (Å²) in [6.07, 6.45) is 2.66. The van der Waals surface area contributed by atoms with Crippen LogP contribution in [0.2, 0.25) is 0 Å². The van der Waals surface area contributed by atoms with Gasteiger partial charge in [0.1, 0.15) is 0 Å². The highest BCUT2D eigenvalue weighted by Gasteiger charge is 2.28. The molecule has 0 aliphatic carbocycles. The van der Waals surface area contributed by atoms with Gasteiger partial charge in [0.25, 0.3) is 5.91 Å². The number of carbonyl (C=O) groups is 2. The van der Waals surface area contributed by atoms with Gasteiger partial charge in [-0.1, -0.05) is 17.7 Å². The van der Waals surface area contributed by atoms with E-state index in [2.05, 4.69) is 10.6 Å². The van der Waals surface area contributed by atoms with Gasteiger partial charge in [-0.3, -0.25) is 9.59 Å². The highest BCUT2D eigenvalue weighted by Crippen LogP contribution is 2.19. The van der Waals surface area contributed by atoms with Gasteiger partial charge >= 0.3 is 0 Å². The normalized spacial score (nSPS) is 17.1. The number of nitrogens with one attached hydrogen (secondary N) is 2. The number of nitrogens with zero attached hydrogens (tertiary/aromatic N) is 1. The van der Waals surface area contributed by atoms with Crippen LogP contribution in [0.25, 0.3) is 0 Å². The predicted molar refractivity (Wildman–Crippen MR) is 98.6 cm³/mol. The van der Waals surface area contributed by atoms with Crippen molar-refractivity contribution in [2.45, 2.75) is 26.2 Å². The van der Waals surface area contributed by atoms with Crippen molar-refractivity contribution < 1.29 is 9.59 Å². The quantitative estimate of drug-likeness (QED) is 0.769. The molecule has 1 aliphatic rings. The molecule has 0 spiro atoms. The van der Waals surface area contributed by atoms with Crippen molar-refractivity contribution in [1.29, 1.82) is 0 Å². The molecule has 1 heterocycles. The second kappa shape index (κ2) is 10.3. The number of amides is 2. The fourth-order valence-electron chi connectivity index (χ4n) is 2.88. The third-order valence-corrected chi connectivity index (χ3v) is 4.28. The Labute approximate surface area is 150 Å². The van der Waals surface area contributed by atoms with E-state index in [4.69, 9.17) is 0 Å². The summed E-state index contributed by atoms with van der Waals surface area (Å²) in [5.74, 6) is 0.00734. The van der Waals surface area contributed by atoms with Crippen LogP contribution in [0.1, 0.15) is 35.2 Å². The summed E-state index contributed by atoms with van der Waals surface area (Å²) >= 11 is 0. The third kappa shape index (κ3) is 5.80. The minimum atomic E-state index is -0.0901. The molecule has 2 N–H and O–H groups in total. The van der Waals surface area contributed by atoms with Crippen LogP contribution in [0.15, 0.2) is 24.3 Å². The van der Waals surface area contributed by atoms with Crippen LogP contribution >= 0.6 is 12.4 Å². The minimum absolute atomic E-state index is 0. The average Bonchev–Trinajstić information content (AvgIpc) is 2.59. The van der Waals surface area contributed by atoms with Crippen molar-refractivity contribution in [2.75, 3.05) is 33.2 Å². The van der Waals surface area contributed by atoms with Crippen molar-refractivity contribution in [3.8, 4) is 0 Å². The van der Waals surface area contributed by atoms with Crippen LogP contribution in [-0.4, -0.2) is 49.9 Å². The van der Waals surface area contributed by atoms with Gasteiger partial charge in [0.05, 0.1) is 5.92 Å². The molecule has 1 saturated heterocycles. The second-order valence-electron chi connectivity index (χ2n) is 6.20. The van der Waals surface area contributed by atoms with Gasteiger partial charge < -0.3 is 15.5 Å². The molecule has 6 heteroatoms. The van der Waals surface area contributed by atoms with Gasteiger partial charge in [0.15, 0.2) is 0 Å². The van der Waals surface area contributed by atoms with Gasteiger partial charge in [-0.15, -0.1) is 12.4 Å². The molecule has 1 aliphatic heterocycles. The molecule has 0 saturated carbocycles. The van der Waals surface area contributed by atoms with Crippen molar-refractivity contribution in [3.05, 3.63) is 35.4 Å². The van der Waals surface area contributed by atoms with Crippen molar-refractivity contribution >= 4 is 24.2 Å². The number of aryl methyl sites for hydroxylation is 1. The highest BCUT2D eigenvalue weighted by atomic mass is 35.5. The topological polar surface area (TPSA) is 61.4 Å².